The van der Waals surface area contributed by atoms with Gasteiger partial charge in [-0.3, -0.25) is 39.6 Å². The summed E-state index contributed by atoms with van der Waals surface area (Å²) in [5, 5.41) is 59.8. The van der Waals surface area contributed by atoms with E-state index in [1.54, 1.807) is 6.07 Å². The first-order valence-electron chi connectivity index (χ1n) is 24.8. The number of primary amides is 1. The topological polar surface area (TPSA) is 463 Å². The molecule has 3 aromatic rings. The number of nitrogens with two attached hydrogens (primary N) is 5. The fourth-order valence-corrected chi connectivity index (χ4v) is 7.99. The number of aromatic hydroxyl groups is 1. The number of unbranched alkanes of at least 4 members (excludes halogenated alkanes) is 1. The van der Waals surface area contributed by atoms with Gasteiger partial charge >= 0.3 is 12.0 Å². The van der Waals surface area contributed by atoms with E-state index in [0.29, 0.717) is 36.9 Å². The molecule has 26 nitrogen and oxygen atoms in total. The van der Waals surface area contributed by atoms with E-state index in [4.69, 9.17) is 39.5 Å². The normalized spacial score (nSPS) is 13.7. The monoisotopic (exact) mass is 1080 g/mol. The Labute approximate surface area is 445 Å². The van der Waals surface area contributed by atoms with Crippen molar-refractivity contribution in [3.8, 4) is 5.75 Å². The first-order valence-corrected chi connectivity index (χ1v) is 25.4. The zero-order valence-corrected chi connectivity index (χ0v) is 43.1. The minimum atomic E-state index is -1.47. The molecule has 0 spiro atoms. The molecule has 0 heterocycles. The maximum atomic E-state index is 14.5. The summed E-state index contributed by atoms with van der Waals surface area (Å²) in [5.74, 6) is -7.29. The fourth-order valence-electron chi connectivity index (χ4n) is 7.73. The number of carboxylic acid groups (broad SMARTS) is 1. The van der Waals surface area contributed by atoms with E-state index >= 15 is 0 Å². The van der Waals surface area contributed by atoms with Crippen molar-refractivity contribution in [2.45, 2.75) is 113 Å². The molecule has 0 aliphatic heterocycles. The molecular formula is C49H74N16O10S. The zero-order valence-electron chi connectivity index (χ0n) is 42.2. The Kier molecular flexibility index (Phi) is 27.2. The summed E-state index contributed by atoms with van der Waals surface area (Å²) in [6.45, 7) is 0.723. The number of urea groups is 1. The first-order chi connectivity index (χ1) is 36.2. The number of aliphatic carboxylic acids is 1. The first kappa shape index (κ1) is 62.4. The number of amides is 8. The molecule has 0 aromatic heterocycles. The Morgan fingerprint density at radius 1 is 0.513 bits per heavy atom. The van der Waals surface area contributed by atoms with E-state index in [-0.39, 0.29) is 94.4 Å². The van der Waals surface area contributed by atoms with Crippen LogP contribution in [-0.2, 0) is 46.4 Å². The zero-order chi connectivity index (χ0) is 56.2. The molecule has 0 saturated carbocycles. The number of carbonyl (C=O) groups is 8. The van der Waals surface area contributed by atoms with Crippen LogP contribution in [0.4, 0.5) is 4.79 Å². The van der Waals surface area contributed by atoms with Crippen molar-refractivity contribution in [3.63, 3.8) is 0 Å². The van der Waals surface area contributed by atoms with Crippen molar-refractivity contribution >= 4 is 82.8 Å². The Bertz CT molecular complexity index is 2450. The van der Waals surface area contributed by atoms with Gasteiger partial charge in [-0.25, -0.2) is 9.59 Å². The molecule has 0 radical (unpaired) electrons. The Balaban J connectivity index is 1.96. The quantitative estimate of drug-likeness (QED) is 0.0129. The van der Waals surface area contributed by atoms with Crippen LogP contribution in [0.25, 0.3) is 10.8 Å². The number of hydrogen-bond acceptors (Lipinski definition) is 14. The molecule has 0 aliphatic rings. The molecule has 416 valence electrons. The van der Waals surface area contributed by atoms with Crippen LogP contribution in [0, 0.1) is 10.8 Å². The van der Waals surface area contributed by atoms with Crippen molar-refractivity contribution in [1.82, 2.24) is 47.9 Å². The van der Waals surface area contributed by atoms with Crippen LogP contribution in [-0.4, -0.2) is 144 Å². The lowest BCUT2D eigenvalue weighted by atomic mass is 10.00. The lowest BCUT2D eigenvalue weighted by Crippen LogP contribution is -2.60. The number of phenolic OH excluding ortho intramolecular Hbond substituents is 1. The second kappa shape index (κ2) is 33.1. The van der Waals surface area contributed by atoms with Crippen molar-refractivity contribution in [2.75, 3.05) is 31.9 Å². The molecule has 0 unspecified atom stereocenters. The van der Waals surface area contributed by atoms with Crippen LogP contribution in [0.15, 0.2) is 66.7 Å². The average molecular weight is 1080 g/mol. The number of rotatable bonds is 34. The largest absolute Gasteiger partial charge is 0.508 e. The van der Waals surface area contributed by atoms with E-state index in [1.165, 1.54) is 24.3 Å². The smallest absolute Gasteiger partial charge is 0.326 e. The van der Waals surface area contributed by atoms with Crippen molar-refractivity contribution in [1.29, 1.82) is 10.8 Å². The SMILES string of the molecule is N=C(N)NCCC[C@H](NC(=O)[C@@H](N)CCCNC(=N)N)C(=O)N[C@@H](Cc1ccc2ccccc2c1)C(=O)N[C@@H](CS)C(=O)N[C@@H](Cc1ccc(O)cc1)C(=O)N[C@@H](CCCNC(N)=O)C(=O)N[C@@H](CCCCN)C(=O)O. The molecule has 8 amide bonds. The Morgan fingerprint density at radius 3 is 1.47 bits per heavy atom. The lowest BCUT2D eigenvalue weighted by Gasteiger charge is -2.27. The predicted octanol–water partition coefficient (Wildman–Crippen LogP) is -2.31. The molecule has 3 aromatic carbocycles. The van der Waals surface area contributed by atoms with Crippen LogP contribution in [0.2, 0.25) is 0 Å². The van der Waals surface area contributed by atoms with E-state index in [0.717, 1.165) is 10.8 Å². The number of hydrogen-bond donors (Lipinski definition) is 19. The summed E-state index contributed by atoms with van der Waals surface area (Å²) in [5.41, 5.74) is 28.8. The molecular weight excluding hydrogens is 1000 g/mol. The highest BCUT2D eigenvalue weighted by Crippen LogP contribution is 2.18. The molecule has 27 heteroatoms. The number of carboxylic acids is 1. The van der Waals surface area contributed by atoms with Crippen molar-refractivity contribution in [3.05, 3.63) is 77.9 Å². The average Bonchev–Trinajstić information content (AvgIpc) is 3.37. The molecule has 0 aliphatic carbocycles. The summed E-state index contributed by atoms with van der Waals surface area (Å²) >= 11 is 4.36. The maximum Gasteiger partial charge on any atom is 0.326 e. The second-order valence-corrected chi connectivity index (χ2v) is 18.3. The second-order valence-electron chi connectivity index (χ2n) is 17.9. The summed E-state index contributed by atoms with van der Waals surface area (Å²) in [7, 11) is 0. The minimum absolute atomic E-state index is 0.00264. The number of nitrogens with one attached hydrogen (secondary N) is 11. The predicted molar refractivity (Wildman–Crippen MR) is 289 cm³/mol. The summed E-state index contributed by atoms with van der Waals surface area (Å²) in [4.78, 5) is 108. The number of carbonyl (C=O) groups excluding carboxylic acids is 7. The van der Waals surface area contributed by atoms with Crippen molar-refractivity contribution < 1.29 is 48.6 Å². The molecule has 23 N–H and O–H groups in total. The van der Waals surface area contributed by atoms with Crippen LogP contribution in [0.5, 0.6) is 5.75 Å². The number of fused-ring (bicyclic) bond motifs is 1. The lowest BCUT2D eigenvalue weighted by molar-refractivity contribution is -0.142. The summed E-state index contributed by atoms with van der Waals surface area (Å²) in [6, 6.07) is 8.39. The molecule has 7 atom stereocenters. The van der Waals surface area contributed by atoms with Gasteiger partial charge in [0.2, 0.25) is 35.4 Å². The molecule has 76 heavy (non-hydrogen) atoms. The number of thiol groups is 1. The van der Waals surface area contributed by atoms with Crippen LogP contribution >= 0.6 is 12.6 Å². The van der Waals surface area contributed by atoms with Gasteiger partial charge in [0.1, 0.15) is 42.0 Å². The van der Waals surface area contributed by atoms with E-state index in [2.05, 4.69) is 60.5 Å². The molecule has 0 saturated heterocycles. The summed E-state index contributed by atoms with van der Waals surface area (Å²) in [6.07, 6.45) is 1.35. The third-order valence-electron chi connectivity index (χ3n) is 11.8. The van der Waals surface area contributed by atoms with Gasteiger partial charge in [0.15, 0.2) is 11.9 Å². The highest BCUT2D eigenvalue weighted by atomic mass is 32.1. The molecule has 0 fully saturated rings. The third-order valence-corrected chi connectivity index (χ3v) is 12.2. The Morgan fingerprint density at radius 2 is 0.947 bits per heavy atom. The fraction of sp³-hybridized carbons (Fsp3) is 0.469. The highest BCUT2D eigenvalue weighted by Gasteiger charge is 2.34. The molecule has 3 rings (SSSR count). The third kappa shape index (κ3) is 23.1. The van der Waals surface area contributed by atoms with Crippen LogP contribution in [0.3, 0.4) is 0 Å². The van der Waals surface area contributed by atoms with Gasteiger partial charge in [-0.2, -0.15) is 12.6 Å². The minimum Gasteiger partial charge on any atom is -0.508 e. The van der Waals surface area contributed by atoms with Crippen LogP contribution < -0.4 is 76.5 Å². The Hall–Kier alpha value is -7.91. The van der Waals surface area contributed by atoms with E-state index < -0.39 is 89.7 Å². The molecule has 0 bridgehead atoms. The van der Waals surface area contributed by atoms with E-state index in [1.807, 2.05) is 36.4 Å². The number of phenols is 1. The maximum absolute atomic E-state index is 14.5. The van der Waals surface area contributed by atoms with Gasteiger partial charge in [-0.05, 0) is 98.4 Å². The van der Waals surface area contributed by atoms with Gasteiger partial charge in [0, 0.05) is 38.2 Å². The van der Waals surface area contributed by atoms with Crippen LogP contribution in [0.1, 0.15) is 68.9 Å². The van der Waals surface area contributed by atoms with Gasteiger partial charge in [-0.1, -0.05) is 54.6 Å². The van der Waals surface area contributed by atoms with Gasteiger partial charge in [0.05, 0.1) is 6.04 Å². The standard InChI is InChI=1S/C49H74N16O10S/c50-20-4-3-11-36(46(73)74)62-41(68)35(13-7-23-59-49(56)75)61-43(70)37(25-28-15-18-32(66)19-16-28)64-45(72)39(27-76)65-44(71)38(26-29-14-17-30-8-1-2-9-31(30)24-29)63-42(69)34(12-6-22-58-48(54)55)60-40(67)33(51)10-5-21-57-47(52)53/h1-2,8-9,14-19,24,33-39,66,76H,3-7,10-13,20-23,25-27,50-51H2,(H,60,67)(H,61,70)(H,62,68)(H,63,69)(H,64,72)(H,65,71)(H,73,74)(H4,52,53,57)(H4,54,55,58)(H3,56,59,75)/t33-,34-,35-,36-,37-,38-,39-/m0/s1. The van der Waals surface area contributed by atoms with E-state index in [9.17, 15) is 48.6 Å². The number of guanidine groups is 2. The van der Waals surface area contributed by atoms with Gasteiger partial charge in [0.25, 0.3) is 0 Å². The van der Waals surface area contributed by atoms with Gasteiger partial charge < -0.3 is 86.7 Å². The number of benzene rings is 3. The summed E-state index contributed by atoms with van der Waals surface area (Å²) < 4.78 is 0. The highest BCUT2D eigenvalue weighted by molar-refractivity contribution is 7.80. The van der Waals surface area contributed by atoms with Crippen molar-refractivity contribution in [2.24, 2.45) is 28.7 Å². The van der Waals surface area contributed by atoms with Gasteiger partial charge in [-0.15, -0.1) is 0 Å².